The Morgan fingerprint density at radius 1 is 1.06 bits per heavy atom. The molecule has 1 aliphatic rings. The van der Waals surface area contributed by atoms with Crippen molar-refractivity contribution in [3.8, 4) is 5.75 Å². The molecule has 1 saturated heterocycles. The summed E-state index contributed by atoms with van der Waals surface area (Å²) in [6, 6.07) is 21.0. The van der Waals surface area contributed by atoms with E-state index in [2.05, 4.69) is 4.98 Å². The fraction of sp³-hybridized carbons (Fsp3) is 0.148. The van der Waals surface area contributed by atoms with Gasteiger partial charge in [-0.2, -0.15) is 0 Å². The van der Waals surface area contributed by atoms with Gasteiger partial charge < -0.3 is 9.84 Å². The van der Waals surface area contributed by atoms with Crippen molar-refractivity contribution in [2.24, 2.45) is 0 Å². The lowest BCUT2D eigenvalue weighted by atomic mass is 9.95. The minimum Gasteiger partial charge on any atom is -0.507 e. The predicted octanol–water partition coefficient (Wildman–Crippen LogP) is 5.63. The molecule has 0 saturated carbocycles. The molecule has 5 rings (SSSR count). The molecule has 0 radical (unpaired) electrons. The van der Waals surface area contributed by atoms with Crippen molar-refractivity contribution in [2.45, 2.75) is 19.9 Å². The third kappa shape index (κ3) is 3.74. The summed E-state index contributed by atoms with van der Waals surface area (Å²) in [5, 5.41) is 11.6. The number of carbonyl (C=O) groups excluding carboxylic acids is 2. The Balaban J connectivity index is 1.73. The number of ketones is 1. The number of nitrogens with zero attached hydrogens (tertiary/aromatic N) is 2. The van der Waals surface area contributed by atoms with Gasteiger partial charge in [0.1, 0.15) is 11.5 Å². The molecule has 170 valence electrons. The maximum absolute atomic E-state index is 13.4. The quantitative estimate of drug-likeness (QED) is 0.232. The Morgan fingerprint density at radius 2 is 1.85 bits per heavy atom. The predicted molar refractivity (Wildman–Crippen MR) is 133 cm³/mol. The van der Waals surface area contributed by atoms with Gasteiger partial charge in [-0.05, 0) is 49.2 Å². The summed E-state index contributed by atoms with van der Waals surface area (Å²) in [7, 11) is 0. The fourth-order valence-corrected chi connectivity index (χ4v) is 5.25. The molecule has 1 unspecified atom stereocenters. The van der Waals surface area contributed by atoms with Gasteiger partial charge in [-0.15, -0.1) is 0 Å². The van der Waals surface area contributed by atoms with Crippen LogP contribution in [0.4, 0.5) is 5.13 Å². The number of hydrogen-bond acceptors (Lipinski definition) is 6. The van der Waals surface area contributed by atoms with E-state index in [-0.39, 0.29) is 11.3 Å². The van der Waals surface area contributed by atoms with E-state index in [1.54, 1.807) is 30.3 Å². The van der Waals surface area contributed by atoms with Crippen LogP contribution in [-0.2, 0) is 9.59 Å². The van der Waals surface area contributed by atoms with Crippen LogP contribution in [0, 0.1) is 6.92 Å². The van der Waals surface area contributed by atoms with Crippen molar-refractivity contribution >= 4 is 44.1 Å². The van der Waals surface area contributed by atoms with Crippen LogP contribution in [0.3, 0.4) is 0 Å². The molecule has 2 heterocycles. The van der Waals surface area contributed by atoms with E-state index in [1.165, 1.54) is 16.2 Å². The van der Waals surface area contributed by atoms with Gasteiger partial charge in [0.05, 0.1) is 28.4 Å². The molecular weight excluding hydrogens is 448 g/mol. The van der Waals surface area contributed by atoms with Crippen LogP contribution in [0.25, 0.3) is 16.0 Å². The summed E-state index contributed by atoms with van der Waals surface area (Å²) in [6.07, 6.45) is 0. The minimum absolute atomic E-state index is 0.0280. The molecule has 0 aliphatic carbocycles. The number of carbonyl (C=O) groups is 2. The highest BCUT2D eigenvalue weighted by Crippen LogP contribution is 2.44. The number of benzene rings is 3. The van der Waals surface area contributed by atoms with Gasteiger partial charge in [-0.25, -0.2) is 4.98 Å². The summed E-state index contributed by atoms with van der Waals surface area (Å²) in [5.41, 5.74) is 2.97. The maximum atomic E-state index is 13.4. The Morgan fingerprint density at radius 3 is 2.62 bits per heavy atom. The van der Waals surface area contributed by atoms with Crippen molar-refractivity contribution < 1.29 is 19.4 Å². The second kappa shape index (κ2) is 8.76. The Kier molecular flexibility index (Phi) is 5.63. The number of aliphatic hydroxyl groups is 1. The van der Waals surface area contributed by atoms with E-state index in [0.717, 1.165) is 15.8 Å². The smallest absolute Gasteiger partial charge is 0.301 e. The lowest BCUT2D eigenvalue weighted by molar-refractivity contribution is -0.132. The van der Waals surface area contributed by atoms with E-state index >= 15 is 0 Å². The molecular formula is C27H22N2O4S. The number of amides is 1. The lowest BCUT2D eigenvalue weighted by Crippen LogP contribution is -2.29. The summed E-state index contributed by atoms with van der Waals surface area (Å²) in [5.74, 6) is -1.07. The first-order valence-electron chi connectivity index (χ1n) is 10.9. The SMILES string of the molecule is CCOc1cccc(C2C(=C(O)c3ccccc3)C(=O)C(=O)N2c2nc3ccc(C)cc3s2)c1. The highest BCUT2D eigenvalue weighted by molar-refractivity contribution is 7.22. The van der Waals surface area contributed by atoms with Crippen molar-refractivity contribution in [1.29, 1.82) is 0 Å². The molecule has 1 amide bonds. The monoisotopic (exact) mass is 470 g/mol. The zero-order valence-corrected chi connectivity index (χ0v) is 19.5. The van der Waals surface area contributed by atoms with Crippen LogP contribution in [-0.4, -0.2) is 28.4 Å². The number of rotatable bonds is 5. The van der Waals surface area contributed by atoms with Gasteiger partial charge in [0.15, 0.2) is 5.13 Å². The molecule has 7 heteroatoms. The van der Waals surface area contributed by atoms with Crippen molar-refractivity contribution in [3.63, 3.8) is 0 Å². The topological polar surface area (TPSA) is 79.7 Å². The van der Waals surface area contributed by atoms with Crippen LogP contribution in [0.2, 0.25) is 0 Å². The zero-order chi connectivity index (χ0) is 23.8. The van der Waals surface area contributed by atoms with Crippen molar-refractivity contribution in [2.75, 3.05) is 11.5 Å². The summed E-state index contributed by atoms with van der Waals surface area (Å²) in [6.45, 7) is 4.35. The van der Waals surface area contributed by atoms with Crippen LogP contribution in [0.1, 0.15) is 29.7 Å². The van der Waals surface area contributed by atoms with Gasteiger partial charge in [0.25, 0.3) is 5.78 Å². The van der Waals surface area contributed by atoms with E-state index in [9.17, 15) is 14.7 Å². The highest BCUT2D eigenvalue weighted by Gasteiger charge is 2.48. The molecule has 1 aromatic heterocycles. The second-order valence-corrected chi connectivity index (χ2v) is 9.02. The third-order valence-corrected chi connectivity index (χ3v) is 6.73. The van der Waals surface area contributed by atoms with E-state index in [0.29, 0.717) is 28.6 Å². The molecule has 0 spiro atoms. The van der Waals surface area contributed by atoms with Gasteiger partial charge >= 0.3 is 5.91 Å². The second-order valence-electron chi connectivity index (χ2n) is 8.01. The number of ether oxygens (including phenoxy) is 1. The van der Waals surface area contributed by atoms with Gasteiger partial charge in [0, 0.05) is 5.56 Å². The third-order valence-electron chi connectivity index (χ3n) is 5.72. The van der Waals surface area contributed by atoms with Crippen molar-refractivity contribution in [3.05, 3.63) is 95.1 Å². The fourth-order valence-electron chi connectivity index (χ4n) is 4.16. The first-order valence-corrected chi connectivity index (χ1v) is 11.8. The number of anilines is 1. The normalized spacial score (nSPS) is 17.5. The number of aromatic nitrogens is 1. The molecule has 3 aromatic carbocycles. The highest BCUT2D eigenvalue weighted by atomic mass is 32.1. The average Bonchev–Trinajstić information content (AvgIpc) is 3.37. The van der Waals surface area contributed by atoms with Gasteiger partial charge in [-0.3, -0.25) is 14.5 Å². The molecule has 4 aromatic rings. The van der Waals surface area contributed by atoms with E-state index < -0.39 is 17.7 Å². The number of hydrogen-bond donors (Lipinski definition) is 1. The van der Waals surface area contributed by atoms with Gasteiger partial charge in [0.2, 0.25) is 0 Å². The Labute approximate surface area is 200 Å². The van der Waals surface area contributed by atoms with Gasteiger partial charge in [-0.1, -0.05) is 59.9 Å². The minimum atomic E-state index is -0.845. The van der Waals surface area contributed by atoms with Crippen LogP contribution < -0.4 is 9.64 Å². The molecule has 1 N–H and O–H groups in total. The number of Topliss-reactive ketones (excluding diaryl/α,β-unsaturated/α-hetero) is 1. The summed E-state index contributed by atoms with van der Waals surface area (Å²) >= 11 is 1.34. The lowest BCUT2D eigenvalue weighted by Gasteiger charge is -2.23. The largest absolute Gasteiger partial charge is 0.507 e. The number of thiazole rings is 1. The zero-order valence-electron chi connectivity index (χ0n) is 18.7. The number of fused-ring (bicyclic) bond motifs is 1. The Bertz CT molecular complexity index is 1440. The average molecular weight is 471 g/mol. The van der Waals surface area contributed by atoms with Crippen LogP contribution in [0.5, 0.6) is 5.75 Å². The van der Waals surface area contributed by atoms with E-state index in [1.807, 2.05) is 56.3 Å². The molecule has 34 heavy (non-hydrogen) atoms. The van der Waals surface area contributed by atoms with Crippen molar-refractivity contribution in [1.82, 2.24) is 4.98 Å². The molecule has 1 fully saturated rings. The first-order chi connectivity index (χ1) is 16.5. The Hall–Kier alpha value is -3.97. The molecule has 1 atom stereocenters. The van der Waals surface area contributed by atoms with Crippen LogP contribution >= 0.6 is 11.3 Å². The molecule has 0 bridgehead atoms. The number of aryl methyl sites for hydroxylation is 1. The summed E-state index contributed by atoms with van der Waals surface area (Å²) < 4.78 is 6.58. The number of aliphatic hydroxyl groups excluding tert-OH is 1. The standard InChI is InChI=1S/C27H22N2O4S/c1-3-33-19-11-7-10-18(15-19)23-22(24(30)17-8-5-4-6-9-17)25(31)26(32)29(23)27-28-20-13-12-16(2)14-21(20)34-27/h4-15,23,30H,3H2,1-2H3. The first kappa shape index (κ1) is 21.9. The van der Waals surface area contributed by atoms with E-state index in [4.69, 9.17) is 4.74 Å². The summed E-state index contributed by atoms with van der Waals surface area (Å²) in [4.78, 5) is 32.7. The van der Waals surface area contributed by atoms with Crippen LogP contribution in [0.15, 0.2) is 78.4 Å². The maximum Gasteiger partial charge on any atom is 0.301 e. The molecule has 1 aliphatic heterocycles. The molecule has 6 nitrogen and oxygen atoms in total.